The van der Waals surface area contributed by atoms with Crippen molar-refractivity contribution in [2.45, 2.75) is 0 Å². The van der Waals surface area contributed by atoms with Crippen LogP contribution in [0.15, 0.2) is 46.6 Å². The molecule has 0 unspecified atom stereocenters. The van der Waals surface area contributed by atoms with Gasteiger partial charge >= 0.3 is 0 Å². The van der Waals surface area contributed by atoms with E-state index in [0.29, 0.717) is 20.9 Å². The molecular formula is C17H10N4O2S2. The zero-order chi connectivity index (χ0) is 17.1. The second-order valence-corrected chi connectivity index (χ2v) is 7.52. The van der Waals surface area contributed by atoms with Crippen molar-refractivity contribution in [2.75, 3.05) is 11.9 Å². The first-order valence-electron chi connectivity index (χ1n) is 7.50. The molecule has 0 N–H and O–H groups in total. The summed E-state index contributed by atoms with van der Waals surface area (Å²) in [6.07, 6.45) is 0. The third-order valence-electron chi connectivity index (χ3n) is 4.18. The van der Waals surface area contributed by atoms with Crippen molar-refractivity contribution < 1.29 is 4.79 Å². The molecule has 0 bridgehead atoms. The van der Waals surface area contributed by atoms with Gasteiger partial charge in [0.15, 0.2) is 5.82 Å². The van der Waals surface area contributed by atoms with E-state index in [4.69, 9.17) is 0 Å². The van der Waals surface area contributed by atoms with Gasteiger partial charge in [0, 0.05) is 12.6 Å². The third kappa shape index (κ3) is 1.95. The Morgan fingerprint density at radius 2 is 1.92 bits per heavy atom. The maximum atomic E-state index is 12.8. The van der Waals surface area contributed by atoms with E-state index >= 15 is 0 Å². The Labute approximate surface area is 149 Å². The van der Waals surface area contributed by atoms with Gasteiger partial charge in [0.25, 0.3) is 11.5 Å². The smallest absolute Gasteiger partial charge is 0.291 e. The van der Waals surface area contributed by atoms with Crippen LogP contribution in [0.3, 0.4) is 0 Å². The molecule has 1 aliphatic heterocycles. The molecule has 0 atom stereocenters. The lowest BCUT2D eigenvalue weighted by Gasteiger charge is -2.07. The van der Waals surface area contributed by atoms with Crippen molar-refractivity contribution in [2.24, 2.45) is 0 Å². The van der Waals surface area contributed by atoms with Gasteiger partial charge in [0.2, 0.25) is 4.96 Å². The van der Waals surface area contributed by atoms with Crippen LogP contribution < -0.4 is 15.0 Å². The van der Waals surface area contributed by atoms with Crippen molar-refractivity contribution in [3.8, 4) is 10.7 Å². The maximum absolute atomic E-state index is 12.8. The normalized spacial score (nSPS) is 16.0. The summed E-state index contributed by atoms with van der Waals surface area (Å²) in [7, 11) is 1.71. The van der Waals surface area contributed by atoms with Gasteiger partial charge in [0.1, 0.15) is 4.53 Å². The topological polar surface area (TPSA) is 67.6 Å². The number of hydrogen-bond acceptors (Lipinski definition) is 6. The van der Waals surface area contributed by atoms with Gasteiger partial charge in [-0.1, -0.05) is 35.6 Å². The van der Waals surface area contributed by atoms with Crippen molar-refractivity contribution in [1.82, 2.24) is 14.6 Å². The Kier molecular flexibility index (Phi) is 2.94. The van der Waals surface area contributed by atoms with Crippen LogP contribution in [0.25, 0.3) is 21.2 Å². The van der Waals surface area contributed by atoms with Gasteiger partial charge in [0.05, 0.1) is 16.1 Å². The highest BCUT2D eigenvalue weighted by atomic mass is 32.1. The Bertz CT molecular complexity index is 1250. The minimum atomic E-state index is -0.302. The summed E-state index contributed by atoms with van der Waals surface area (Å²) < 4.78 is 1.67. The predicted molar refractivity (Wildman–Crippen MR) is 98.0 cm³/mol. The number of hydrogen-bond donors (Lipinski definition) is 0. The SMILES string of the molecule is CN1C(=O)C(=c2sc3nc(-c4cccs4)nn3c2=O)c2ccccc21. The van der Waals surface area contributed by atoms with Gasteiger partial charge in [-0.25, -0.2) is 0 Å². The third-order valence-corrected chi connectivity index (χ3v) is 6.07. The Morgan fingerprint density at radius 3 is 2.68 bits per heavy atom. The first-order chi connectivity index (χ1) is 12.1. The number of benzene rings is 1. The fourth-order valence-corrected chi connectivity index (χ4v) is 4.64. The van der Waals surface area contributed by atoms with E-state index in [2.05, 4.69) is 10.1 Å². The predicted octanol–water partition coefficient (Wildman–Crippen LogP) is 1.77. The van der Waals surface area contributed by atoms with Gasteiger partial charge in [-0.3, -0.25) is 9.59 Å². The summed E-state index contributed by atoms with van der Waals surface area (Å²) in [4.78, 5) is 32.9. The van der Waals surface area contributed by atoms with Crippen molar-refractivity contribution in [1.29, 1.82) is 0 Å². The average Bonchev–Trinajstić information content (AvgIpc) is 3.36. The van der Waals surface area contributed by atoms with E-state index in [1.807, 2.05) is 41.8 Å². The highest BCUT2D eigenvalue weighted by Gasteiger charge is 2.31. The molecule has 8 heteroatoms. The molecule has 0 saturated heterocycles. The van der Waals surface area contributed by atoms with Crippen LogP contribution in [0.2, 0.25) is 0 Å². The van der Waals surface area contributed by atoms with Gasteiger partial charge in [-0.05, 0) is 17.5 Å². The number of thiazole rings is 1. The van der Waals surface area contributed by atoms with E-state index in [9.17, 15) is 9.59 Å². The van der Waals surface area contributed by atoms with Crippen LogP contribution in [-0.2, 0) is 4.79 Å². The number of amides is 1. The van der Waals surface area contributed by atoms with Crippen LogP contribution in [0.5, 0.6) is 0 Å². The van der Waals surface area contributed by atoms with Gasteiger partial charge in [-0.15, -0.1) is 16.4 Å². The quantitative estimate of drug-likeness (QED) is 0.515. The molecule has 5 rings (SSSR count). The van der Waals surface area contributed by atoms with Crippen molar-refractivity contribution >= 4 is 44.8 Å². The molecule has 3 aromatic heterocycles. The number of carbonyl (C=O) groups is 1. The summed E-state index contributed by atoms with van der Waals surface area (Å²) in [5.74, 6) is 0.353. The Morgan fingerprint density at radius 1 is 1.08 bits per heavy atom. The number of likely N-dealkylation sites (N-methyl/N-ethyl adjacent to an activating group) is 1. The van der Waals surface area contributed by atoms with Crippen LogP contribution in [0, 0.1) is 0 Å². The summed E-state index contributed by atoms with van der Waals surface area (Å²) in [5.41, 5.74) is 1.71. The highest BCUT2D eigenvalue weighted by molar-refractivity contribution is 7.15. The van der Waals surface area contributed by atoms with Crippen LogP contribution in [0.4, 0.5) is 5.69 Å². The maximum Gasteiger partial charge on any atom is 0.291 e. The first-order valence-corrected chi connectivity index (χ1v) is 9.20. The molecule has 6 nitrogen and oxygen atoms in total. The van der Waals surface area contributed by atoms with Crippen LogP contribution in [0.1, 0.15) is 5.56 Å². The second-order valence-electron chi connectivity index (χ2n) is 5.60. The number of aromatic nitrogens is 3. The lowest BCUT2D eigenvalue weighted by molar-refractivity contribution is -0.112. The molecular weight excluding hydrogens is 356 g/mol. The lowest BCUT2D eigenvalue weighted by atomic mass is 10.1. The molecule has 0 fully saturated rings. The number of carbonyl (C=O) groups excluding carboxylic acids is 1. The largest absolute Gasteiger partial charge is 0.311 e. The monoisotopic (exact) mass is 366 g/mol. The highest BCUT2D eigenvalue weighted by Crippen LogP contribution is 2.33. The zero-order valence-corrected chi connectivity index (χ0v) is 14.6. The molecule has 0 saturated carbocycles. The Hall–Kier alpha value is -2.84. The molecule has 122 valence electrons. The van der Waals surface area contributed by atoms with Crippen molar-refractivity contribution in [3.05, 3.63) is 62.2 Å². The molecule has 1 aliphatic rings. The Balaban J connectivity index is 1.81. The summed E-state index contributed by atoms with van der Waals surface area (Å²) in [6.45, 7) is 0. The number of thiophene rings is 1. The minimum Gasteiger partial charge on any atom is -0.311 e. The van der Waals surface area contributed by atoms with E-state index in [1.54, 1.807) is 11.9 Å². The van der Waals surface area contributed by atoms with E-state index in [1.165, 1.54) is 27.2 Å². The molecule has 25 heavy (non-hydrogen) atoms. The molecule has 0 radical (unpaired) electrons. The number of para-hydroxylation sites is 1. The fraction of sp³-hybridized carbons (Fsp3) is 0.0588. The molecule has 1 amide bonds. The van der Waals surface area contributed by atoms with E-state index in [0.717, 1.165) is 16.1 Å². The molecule has 0 aliphatic carbocycles. The standard InChI is InChI=1S/C17H10N4O2S2/c1-20-10-6-3-2-5-9(10)12(15(20)22)13-16(23)21-17(25-13)18-14(19-21)11-7-4-8-24-11/h2-8H,1H3. The number of nitrogens with zero attached hydrogens (tertiary/aromatic N) is 4. The molecule has 0 spiro atoms. The number of fused-ring (bicyclic) bond motifs is 2. The van der Waals surface area contributed by atoms with Crippen molar-refractivity contribution in [3.63, 3.8) is 0 Å². The molecule has 1 aromatic carbocycles. The average molecular weight is 366 g/mol. The summed E-state index contributed by atoms with van der Waals surface area (Å²) in [5, 5.41) is 6.26. The number of rotatable bonds is 1. The van der Waals surface area contributed by atoms with Gasteiger partial charge in [-0.2, -0.15) is 9.50 Å². The van der Waals surface area contributed by atoms with Crippen LogP contribution in [-0.4, -0.2) is 27.6 Å². The zero-order valence-electron chi connectivity index (χ0n) is 13.0. The number of anilines is 1. The minimum absolute atomic E-state index is 0.179. The molecule has 4 heterocycles. The first kappa shape index (κ1) is 14.5. The van der Waals surface area contributed by atoms with Gasteiger partial charge < -0.3 is 4.90 Å². The van der Waals surface area contributed by atoms with Crippen LogP contribution >= 0.6 is 22.7 Å². The van der Waals surface area contributed by atoms with E-state index < -0.39 is 0 Å². The lowest BCUT2D eigenvalue weighted by Crippen LogP contribution is -2.30. The molecule has 4 aromatic rings. The fourth-order valence-electron chi connectivity index (χ4n) is 2.98. The summed E-state index contributed by atoms with van der Waals surface area (Å²) >= 11 is 2.73. The second kappa shape index (κ2) is 5.08. The summed E-state index contributed by atoms with van der Waals surface area (Å²) in [6, 6.07) is 11.3. The van der Waals surface area contributed by atoms with E-state index in [-0.39, 0.29) is 11.5 Å².